The lowest BCUT2D eigenvalue weighted by Gasteiger charge is -2.10. The summed E-state index contributed by atoms with van der Waals surface area (Å²) in [7, 11) is -4.00. The molecule has 0 amide bonds. The molecule has 0 aliphatic carbocycles. The Labute approximate surface area is 129 Å². The van der Waals surface area contributed by atoms with E-state index in [1.807, 2.05) is 18.2 Å². The Morgan fingerprint density at radius 1 is 0.955 bits per heavy atom. The molecule has 0 aliphatic rings. The zero-order valence-corrected chi connectivity index (χ0v) is 12.8. The van der Waals surface area contributed by atoms with E-state index in [1.54, 1.807) is 19.9 Å². The van der Waals surface area contributed by atoms with Gasteiger partial charge in [0.15, 0.2) is 0 Å². The van der Waals surface area contributed by atoms with Gasteiger partial charge >= 0.3 is 10.1 Å². The minimum Gasteiger partial charge on any atom is -0.379 e. The van der Waals surface area contributed by atoms with Crippen molar-refractivity contribution >= 4 is 10.1 Å². The first-order valence-corrected chi connectivity index (χ1v) is 7.74. The van der Waals surface area contributed by atoms with E-state index < -0.39 is 10.1 Å². The van der Waals surface area contributed by atoms with Gasteiger partial charge in [-0.25, -0.2) is 0 Å². The molecule has 0 unspecified atom stereocenters. The molecular weight excluding hydrogens is 300 g/mol. The normalized spacial score (nSPS) is 10.5. The highest BCUT2D eigenvalue weighted by Gasteiger charge is 2.20. The predicted molar refractivity (Wildman–Crippen MR) is 79.6 cm³/mol. The Balaban J connectivity index is 2.44. The fourth-order valence-corrected chi connectivity index (χ4v) is 3.15. The number of rotatable bonds is 3. The van der Waals surface area contributed by atoms with E-state index in [1.165, 1.54) is 24.3 Å². The largest absolute Gasteiger partial charge is 0.379 e. The van der Waals surface area contributed by atoms with Gasteiger partial charge in [-0.15, -0.1) is 0 Å². The van der Waals surface area contributed by atoms with Crippen LogP contribution >= 0.6 is 0 Å². The highest BCUT2D eigenvalue weighted by Crippen LogP contribution is 2.24. The van der Waals surface area contributed by atoms with Gasteiger partial charge in [0, 0.05) is 6.07 Å². The summed E-state index contributed by atoms with van der Waals surface area (Å²) in [6.07, 6.45) is 0. The molecule has 0 atom stereocenters. The Bertz CT molecular complexity index is 919. The summed E-state index contributed by atoms with van der Waals surface area (Å²) < 4.78 is 29.8. The summed E-state index contributed by atoms with van der Waals surface area (Å²) in [5.74, 6) is -0.00328. The number of nitriles is 2. The third kappa shape index (κ3) is 3.08. The molecule has 2 aromatic carbocycles. The van der Waals surface area contributed by atoms with Crippen LogP contribution in [0, 0.1) is 36.5 Å². The van der Waals surface area contributed by atoms with E-state index in [4.69, 9.17) is 14.7 Å². The van der Waals surface area contributed by atoms with Crippen molar-refractivity contribution in [2.45, 2.75) is 18.7 Å². The van der Waals surface area contributed by atoms with Crippen LogP contribution in [0.3, 0.4) is 0 Å². The zero-order chi connectivity index (χ0) is 16.3. The molecule has 22 heavy (non-hydrogen) atoms. The third-order valence-electron chi connectivity index (χ3n) is 3.05. The van der Waals surface area contributed by atoms with Crippen LogP contribution in [-0.2, 0) is 10.1 Å². The summed E-state index contributed by atoms with van der Waals surface area (Å²) in [5.41, 5.74) is 1.60. The van der Waals surface area contributed by atoms with E-state index in [0.29, 0.717) is 5.56 Å². The summed E-state index contributed by atoms with van der Waals surface area (Å²) >= 11 is 0. The minimum atomic E-state index is -4.00. The van der Waals surface area contributed by atoms with Crippen molar-refractivity contribution in [3.63, 3.8) is 0 Å². The summed E-state index contributed by atoms with van der Waals surface area (Å²) in [4.78, 5) is 0.0790. The maximum atomic E-state index is 12.4. The number of hydrogen-bond acceptors (Lipinski definition) is 5. The van der Waals surface area contributed by atoms with Crippen molar-refractivity contribution in [1.29, 1.82) is 10.5 Å². The van der Waals surface area contributed by atoms with Crippen molar-refractivity contribution in [1.82, 2.24) is 0 Å². The Morgan fingerprint density at radius 3 is 2.27 bits per heavy atom. The van der Waals surface area contributed by atoms with Crippen LogP contribution in [0.5, 0.6) is 5.75 Å². The Morgan fingerprint density at radius 2 is 1.64 bits per heavy atom. The molecule has 0 radical (unpaired) electrons. The fraction of sp³-hybridized carbons (Fsp3) is 0.125. The van der Waals surface area contributed by atoms with Crippen LogP contribution in [0.2, 0.25) is 0 Å². The molecule has 2 aromatic rings. The number of hydrogen-bond donors (Lipinski definition) is 0. The smallest absolute Gasteiger partial charge is 0.339 e. The monoisotopic (exact) mass is 312 g/mol. The molecule has 0 heterocycles. The SMILES string of the molecule is Cc1ccc(C)c(S(=O)(=O)Oc2ccc(C#N)c(C#N)c2)c1. The van der Waals surface area contributed by atoms with Gasteiger partial charge in [0.2, 0.25) is 0 Å². The van der Waals surface area contributed by atoms with Crippen LogP contribution in [-0.4, -0.2) is 8.42 Å². The fourth-order valence-electron chi connectivity index (χ4n) is 1.91. The van der Waals surface area contributed by atoms with Gasteiger partial charge in [-0.1, -0.05) is 12.1 Å². The highest BCUT2D eigenvalue weighted by molar-refractivity contribution is 7.87. The molecule has 0 N–H and O–H groups in total. The maximum Gasteiger partial charge on any atom is 0.339 e. The molecule has 0 saturated carbocycles. The topological polar surface area (TPSA) is 90.9 Å². The summed E-state index contributed by atoms with van der Waals surface area (Å²) in [5, 5.41) is 17.8. The summed E-state index contributed by atoms with van der Waals surface area (Å²) in [6, 6.07) is 12.7. The van der Waals surface area contributed by atoms with Crippen molar-refractivity contribution in [3.05, 3.63) is 58.7 Å². The standard InChI is InChI=1S/C16H12N2O3S/c1-11-3-4-12(2)16(7-11)22(19,20)21-15-6-5-13(9-17)14(8-15)10-18/h3-8H,1-2H3. The second-order valence-electron chi connectivity index (χ2n) is 4.74. The van der Waals surface area contributed by atoms with Gasteiger partial charge < -0.3 is 4.18 Å². The van der Waals surface area contributed by atoms with Crippen molar-refractivity contribution < 1.29 is 12.6 Å². The molecule has 0 bridgehead atoms. The number of benzene rings is 2. The second kappa shape index (κ2) is 5.88. The summed E-state index contributed by atoms with van der Waals surface area (Å²) in [6.45, 7) is 3.46. The van der Waals surface area contributed by atoms with Gasteiger partial charge in [0.1, 0.15) is 22.8 Å². The Kier molecular flexibility index (Phi) is 4.16. The predicted octanol–water partition coefficient (Wildman–Crippen LogP) is 2.81. The Hall–Kier alpha value is -2.83. The molecule has 5 nitrogen and oxygen atoms in total. The van der Waals surface area contributed by atoms with Gasteiger partial charge in [-0.2, -0.15) is 18.9 Å². The van der Waals surface area contributed by atoms with Crippen molar-refractivity contribution in [2.75, 3.05) is 0 Å². The van der Waals surface area contributed by atoms with Gasteiger partial charge in [0.25, 0.3) is 0 Å². The van der Waals surface area contributed by atoms with E-state index in [2.05, 4.69) is 0 Å². The minimum absolute atomic E-state index is 0.00328. The van der Waals surface area contributed by atoms with Crippen LogP contribution < -0.4 is 4.18 Å². The molecule has 6 heteroatoms. The van der Waals surface area contributed by atoms with E-state index in [9.17, 15) is 8.42 Å². The van der Waals surface area contributed by atoms with E-state index >= 15 is 0 Å². The average Bonchev–Trinajstić information content (AvgIpc) is 2.49. The van der Waals surface area contributed by atoms with Crippen LogP contribution in [0.4, 0.5) is 0 Å². The lowest BCUT2D eigenvalue weighted by Crippen LogP contribution is -2.11. The first-order chi connectivity index (χ1) is 10.4. The average molecular weight is 312 g/mol. The van der Waals surface area contributed by atoms with Gasteiger partial charge in [-0.3, -0.25) is 0 Å². The first kappa shape index (κ1) is 15.6. The molecule has 0 aromatic heterocycles. The van der Waals surface area contributed by atoms with Crippen molar-refractivity contribution in [3.8, 4) is 17.9 Å². The van der Waals surface area contributed by atoms with Crippen LogP contribution in [0.1, 0.15) is 22.3 Å². The van der Waals surface area contributed by atoms with Gasteiger partial charge in [-0.05, 0) is 43.2 Å². The quantitative estimate of drug-likeness (QED) is 0.813. The molecule has 2 rings (SSSR count). The highest BCUT2D eigenvalue weighted by atomic mass is 32.2. The second-order valence-corrected chi connectivity index (χ2v) is 6.25. The molecular formula is C16H12N2O3S. The lowest BCUT2D eigenvalue weighted by atomic mass is 10.1. The number of aryl methyl sites for hydroxylation is 2. The maximum absolute atomic E-state index is 12.4. The third-order valence-corrected chi connectivity index (χ3v) is 4.44. The molecule has 0 aliphatic heterocycles. The molecule has 110 valence electrons. The van der Waals surface area contributed by atoms with Crippen LogP contribution in [0.15, 0.2) is 41.3 Å². The number of nitrogens with zero attached hydrogens (tertiary/aromatic N) is 2. The van der Waals surface area contributed by atoms with Crippen LogP contribution in [0.25, 0.3) is 0 Å². The van der Waals surface area contributed by atoms with Gasteiger partial charge in [0.05, 0.1) is 11.1 Å². The lowest BCUT2D eigenvalue weighted by molar-refractivity contribution is 0.485. The first-order valence-electron chi connectivity index (χ1n) is 6.33. The molecule has 0 saturated heterocycles. The van der Waals surface area contributed by atoms with Crippen molar-refractivity contribution in [2.24, 2.45) is 0 Å². The molecule has 0 fully saturated rings. The molecule has 0 spiro atoms. The van der Waals surface area contributed by atoms with E-state index in [0.717, 1.165) is 5.56 Å². The van der Waals surface area contributed by atoms with E-state index in [-0.39, 0.29) is 21.8 Å². The zero-order valence-electron chi connectivity index (χ0n) is 12.0.